The highest BCUT2D eigenvalue weighted by molar-refractivity contribution is 5.95. The standard InChI is InChI=1S/C15H17N3/c1-10-6-5-7-13-14(10)17-11(2)12(8-9-16)15(13)18(3)4/h5-7H,8H2,1-4H3. The molecule has 1 aromatic heterocycles. The predicted octanol–water partition coefficient (Wildman–Crippen LogP) is 2.98. The number of benzene rings is 1. The van der Waals surface area contributed by atoms with Gasteiger partial charge in [0.05, 0.1) is 23.7 Å². The third kappa shape index (κ3) is 1.91. The fourth-order valence-electron chi connectivity index (χ4n) is 2.37. The van der Waals surface area contributed by atoms with Gasteiger partial charge in [-0.15, -0.1) is 0 Å². The van der Waals surface area contributed by atoms with Gasteiger partial charge in [0.15, 0.2) is 0 Å². The van der Waals surface area contributed by atoms with Crippen molar-refractivity contribution in [3.63, 3.8) is 0 Å². The molecule has 0 spiro atoms. The van der Waals surface area contributed by atoms with E-state index in [0.717, 1.165) is 27.8 Å². The minimum Gasteiger partial charge on any atom is -0.377 e. The zero-order chi connectivity index (χ0) is 13.3. The summed E-state index contributed by atoms with van der Waals surface area (Å²) in [6.45, 7) is 4.05. The van der Waals surface area contributed by atoms with Crippen molar-refractivity contribution in [3.05, 3.63) is 35.0 Å². The monoisotopic (exact) mass is 239 g/mol. The molecule has 1 heterocycles. The molecular formula is C15H17N3. The summed E-state index contributed by atoms with van der Waals surface area (Å²) in [5.41, 5.74) is 5.29. The number of anilines is 1. The molecule has 0 saturated carbocycles. The topological polar surface area (TPSA) is 39.9 Å². The fourth-order valence-corrected chi connectivity index (χ4v) is 2.37. The maximum absolute atomic E-state index is 8.98. The minimum atomic E-state index is 0.399. The first-order chi connectivity index (χ1) is 8.56. The molecule has 18 heavy (non-hydrogen) atoms. The molecule has 2 rings (SSSR count). The van der Waals surface area contributed by atoms with Crippen LogP contribution in [0.2, 0.25) is 0 Å². The third-order valence-electron chi connectivity index (χ3n) is 3.20. The van der Waals surface area contributed by atoms with Crippen LogP contribution in [0.5, 0.6) is 0 Å². The molecular weight excluding hydrogens is 222 g/mol. The molecule has 0 radical (unpaired) electrons. The Labute approximate surface area is 108 Å². The molecule has 0 unspecified atom stereocenters. The van der Waals surface area contributed by atoms with Gasteiger partial charge in [-0.25, -0.2) is 0 Å². The van der Waals surface area contributed by atoms with Gasteiger partial charge in [-0.2, -0.15) is 5.26 Å². The van der Waals surface area contributed by atoms with Gasteiger partial charge in [-0.3, -0.25) is 4.98 Å². The Morgan fingerprint density at radius 3 is 2.61 bits per heavy atom. The van der Waals surface area contributed by atoms with E-state index in [1.807, 2.05) is 27.1 Å². The first-order valence-electron chi connectivity index (χ1n) is 5.99. The first-order valence-corrected chi connectivity index (χ1v) is 5.99. The molecule has 92 valence electrons. The van der Waals surface area contributed by atoms with Crippen molar-refractivity contribution >= 4 is 16.6 Å². The molecule has 0 saturated heterocycles. The highest BCUT2D eigenvalue weighted by Gasteiger charge is 2.14. The summed E-state index contributed by atoms with van der Waals surface area (Å²) in [5, 5.41) is 10.1. The van der Waals surface area contributed by atoms with E-state index in [-0.39, 0.29) is 0 Å². The normalized spacial score (nSPS) is 10.4. The molecule has 2 aromatic rings. The molecule has 0 fully saturated rings. The van der Waals surface area contributed by atoms with Crippen molar-refractivity contribution < 1.29 is 0 Å². The number of nitrogens with zero attached hydrogens (tertiary/aromatic N) is 3. The first kappa shape index (κ1) is 12.4. The molecule has 0 bridgehead atoms. The van der Waals surface area contributed by atoms with Crippen molar-refractivity contribution in [2.24, 2.45) is 0 Å². The van der Waals surface area contributed by atoms with Crippen LogP contribution < -0.4 is 4.90 Å². The number of hydrogen-bond acceptors (Lipinski definition) is 3. The Morgan fingerprint density at radius 2 is 2.00 bits per heavy atom. The number of hydrogen-bond donors (Lipinski definition) is 0. The zero-order valence-electron chi connectivity index (χ0n) is 11.3. The van der Waals surface area contributed by atoms with Crippen molar-refractivity contribution in [1.29, 1.82) is 5.26 Å². The number of para-hydroxylation sites is 1. The summed E-state index contributed by atoms with van der Waals surface area (Å²) in [6.07, 6.45) is 0.399. The number of aryl methyl sites for hydroxylation is 2. The second-order valence-electron chi connectivity index (χ2n) is 4.72. The largest absolute Gasteiger partial charge is 0.377 e. The van der Waals surface area contributed by atoms with Gasteiger partial charge in [-0.1, -0.05) is 18.2 Å². The molecule has 0 aliphatic heterocycles. The second-order valence-corrected chi connectivity index (χ2v) is 4.72. The molecule has 3 heteroatoms. The summed E-state index contributed by atoms with van der Waals surface area (Å²) in [7, 11) is 4.02. The Bertz CT molecular complexity index is 636. The molecule has 1 aromatic carbocycles. The molecule has 0 aliphatic rings. The average Bonchev–Trinajstić information content (AvgIpc) is 2.31. The predicted molar refractivity (Wildman–Crippen MR) is 74.9 cm³/mol. The Balaban J connectivity index is 2.90. The van der Waals surface area contributed by atoms with Crippen molar-refractivity contribution in [2.75, 3.05) is 19.0 Å². The number of aromatic nitrogens is 1. The highest BCUT2D eigenvalue weighted by atomic mass is 15.1. The van der Waals surface area contributed by atoms with Gasteiger partial charge in [0, 0.05) is 30.7 Å². The van der Waals surface area contributed by atoms with Gasteiger partial charge < -0.3 is 4.90 Å². The quantitative estimate of drug-likeness (QED) is 0.808. The van der Waals surface area contributed by atoms with Gasteiger partial charge in [0.25, 0.3) is 0 Å². The molecule has 0 N–H and O–H groups in total. The number of rotatable bonds is 2. The van der Waals surface area contributed by atoms with E-state index in [2.05, 4.69) is 35.0 Å². The number of fused-ring (bicyclic) bond motifs is 1. The van der Waals surface area contributed by atoms with Crippen LogP contribution in [0.3, 0.4) is 0 Å². The Hall–Kier alpha value is -2.08. The lowest BCUT2D eigenvalue weighted by atomic mass is 10.0. The van der Waals surface area contributed by atoms with E-state index in [9.17, 15) is 0 Å². The van der Waals surface area contributed by atoms with Crippen LogP contribution in [0.1, 0.15) is 16.8 Å². The van der Waals surface area contributed by atoms with Crippen LogP contribution in [0, 0.1) is 25.2 Å². The highest BCUT2D eigenvalue weighted by Crippen LogP contribution is 2.32. The lowest BCUT2D eigenvalue weighted by Gasteiger charge is -2.21. The zero-order valence-corrected chi connectivity index (χ0v) is 11.3. The smallest absolute Gasteiger partial charge is 0.0755 e. The van der Waals surface area contributed by atoms with E-state index in [4.69, 9.17) is 5.26 Å². The number of nitriles is 1. The third-order valence-corrected chi connectivity index (χ3v) is 3.20. The summed E-state index contributed by atoms with van der Waals surface area (Å²) >= 11 is 0. The van der Waals surface area contributed by atoms with E-state index < -0.39 is 0 Å². The Kier molecular flexibility index (Phi) is 3.20. The lowest BCUT2D eigenvalue weighted by Crippen LogP contribution is -2.14. The van der Waals surface area contributed by atoms with E-state index in [1.165, 1.54) is 5.56 Å². The van der Waals surface area contributed by atoms with Gasteiger partial charge >= 0.3 is 0 Å². The van der Waals surface area contributed by atoms with Gasteiger partial charge in [-0.05, 0) is 19.4 Å². The van der Waals surface area contributed by atoms with Crippen LogP contribution in [-0.2, 0) is 6.42 Å². The van der Waals surface area contributed by atoms with Crippen molar-refractivity contribution in [1.82, 2.24) is 4.98 Å². The molecule has 3 nitrogen and oxygen atoms in total. The van der Waals surface area contributed by atoms with E-state index >= 15 is 0 Å². The summed E-state index contributed by atoms with van der Waals surface area (Å²) < 4.78 is 0. The van der Waals surface area contributed by atoms with E-state index in [1.54, 1.807) is 0 Å². The molecule has 0 atom stereocenters. The van der Waals surface area contributed by atoms with Crippen molar-refractivity contribution in [2.45, 2.75) is 20.3 Å². The van der Waals surface area contributed by atoms with Crippen LogP contribution >= 0.6 is 0 Å². The summed E-state index contributed by atoms with van der Waals surface area (Å²) in [6, 6.07) is 8.41. The summed E-state index contributed by atoms with van der Waals surface area (Å²) in [4.78, 5) is 6.73. The van der Waals surface area contributed by atoms with E-state index in [0.29, 0.717) is 6.42 Å². The second kappa shape index (κ2) is 4.66. The van der Waals surface area contributed by atoms with Crippen LogP contribution in [-0.4, -0.2) is 19.1 Å². The average molecular weight is 239 g/mol. The minimum absolute atomic E-state index is 0.399. The summed E-state index contributed by atoms with van der Waals surface area (Å²) in [5.74, 6) is 0. The Morgan fingerprint density at radius 1 is 1.28 bits per heavy atom. The number of pyridine rings is 1. The maximum Gasteiger partial charge on any atom is 0.0755 e. The van der Waals surface area contributed by atoms with Gasteiger partial charge in [0.1, 0.15) is 0 Å². The molecule has 0 aliphatic carbocycles. The SMILES string of the molecule is Cc1nc2c(C)cccc2c(N(C)C)c1CC#N. The van der Waals surface area contributed by atoms with Gasteiger partial charge in [0.2, 0.25) is 0 Å². The fraction of sp³-hybridized carbons (Fsp3) is 0.333. The molecule has 0 amide bonds. The van der Waals surface area contributed by atoms with Crippen LogP contribution in [0.4, 0.5) is 5.69 Å². The lowest BCUT2D eigenvalue weighted by molar-refractivity contribution is 1.06. The van der Waals surface area contributed by atoms with Crippen LogP contribution in [0.15, 0.2) is 18.2 Å². The maximum atomic E-state index is 8.98. The van der Waals surface area contributed by atoms with Crippen LogP contribution in [0.25, 0.3) is 10.9 Å². The van der Waals surface area contributed by atoms with Crippen molar-refractivity contribution in [3.8, 4) is 6.07 Å².